The average Bonchev–Trinajstić information content (AvgIpc) is 2.80. The van der Waals surface area contributed by atoms with Gasteiger partial charge in [-0.1, -0.05) is 18.2 Å². The van der Waals surface area contributed by atoms with Crippen molar-refractivity contribution in [2.24, 2.45) is 0 Å². The number of aliphatic hydroxyl groups is 1. The standard InChI is InChI=1S/C16H16N2O2/c1-16(2,19)11-8-13-14(9-12(11)17)20-15(18-13)10-6-4-3-5-7-10/h3-9,19H,17H2,1-2H3. The molecular formula is C16H16N2O2. The van der Waals surface area contributed by atoms with Crippen molar-refractivity contribution in [1.29, 1.82) is 0 Å². The Kier molecular flexibility index (Phi) is 2.76. The minimum atomic E-state index is -1.01. The first kappa shape index (κ1) is 12.7. The smallest absolute Gasteiger partial charge is 0.227 e. The van der Waals surface area contributed by atoms with E-state index in [1.165, 1.54) is 0 Å². The summed E-state index contributed by atoms with van der Waals surface area (Å²) >= 11 is 0. The zero-order chi connectivity index (χ0) is 14.3. The second kappa shape index (κ2) is 4.35. The summed E-state index contributed by atoms with van der Waals surface area (Å²) in [6.07, 6.45) is 0. The normalized spacial score (nSPS) is 11.9. The largest absolute Gasteiger partial charge is 0.436 e. The Morgan fingerprint density at radius 3 is 2.50 bits per heavy atom. The molecule has 0 saturated heterocycles. The number of hydrogen-bond donors (Lipinski definition) is 2. The number of aromatic nitrogens is 1. The van der Waals surface area contributed by atoms with Gasteiger partial charge in [-0.2, -0.15) is 0 Å². The fourth-order valence-corrected chi connectivity index (χ4v) is 2.22. The predicted octanol–water partition coefficient (Wildman–Crippen LogP) is 3.30. The summed E-state index contributed by atoms with van der Waals surface area (Å²) in [4.78, 5) is 4.46. The van der Waals surface area contributed by atoms with Gasteiger partial charge in [-0.25, -0.2) is 4.98 Å². The van der Waals surface area contributed by atoms with E-state index in [9.17, 15) is 5.11 Å². The molecule has 0 radical (unpaired) electrons. The van der Waals surface area contributed by atoms with Crippen LogP contribution in [0.5, 0.6) is 0 Å². The van der Waals surface area contributed by atoms with E-state index in [0.29, 0.717) is 28.2 Å². The van der Waals surface area contributed by atoms with Gasteiger partial charge in [0.1, 0.15) is 5.52 Å². The molecule has 1 heterocycles. The second-order valence-corrected chi connectivity index (χ2v) is 5.35. The summed E-state index contributed by atoms with van der Waals surface area (Å²) in [5.74, 6) is 0.549. The van der Waals surface area contributed by atoms with Crippen molar-refractivity contribution in [3.05, 3.63) is 48.0 Å². The van der Waals surface area contributed by atoms with Crippen LogP contribution in [0.3, 0.4) is 0 Å². The molecule has 0 amide bonds. The van der Waals surface area contributed by atoms with Crippen LogP contribution in [0, 0.1) is 0 Å². The molecular weight excluding hydrogens is 252 g/mol. The van der Waals surface area contributed by atoms with Gasteiger partial charge in [-0.15, -0.1) is 0 Å². The zero-order valence-electron chi connectivity index (χ0n) is 11.4. The van der Waals surface area contributed by atoms with Crippen LogP contribution in [0.15, 0.2) is 46.9 Å². The van der Waals surface area contributed by atoms with E-state index >= 15 is 0 Å². The van der Waals surface area contributed by atoms with Crippen LogP contribution in [0.4, 0.5) is 5.69 Å². The lowest BCUT2D eigenvalue weighted by atomic mass is 9.96. The van der Waals surface area contributed by atoms with Crippen molar-refractivity contribution in [1.82, 2.24) is 4.98 Å². The fourth-order valence-electron chi connectivity index (χ4n) is 2.22. The highest BCUT2D eigenvalue weighted by Crippen LogP contribution is 2.32. The van der Waals surface area contributed by atoms with Gasteiger partial charge in [0.15, 0.2) is 5.58 Å². The number of anilines is 1. The molecule has 4 heteroatoms. The average molecular weight is 268 g/mol. The Bertz CT molecular complexity index is 755. The molecule has 0 spiro atoms. The van der Waals surface area contributed by atoms with Crippen molar-refractivity contribution in [2.75, 3.05) is 5.73 Å². The molecule has 4 nitrogen and oxygen atoms in total. The summed E-state index contributed by atoms with van der Waals surface area (Å²) in [5, 5.41) is 10.1. The highest BCUT2D eigenvalue weighted by atomic mass is 16.3. The molecule has 0 saturated carbocycles. The van der Waals surface area contributed by atoms with Gasteiger partial charge < -0.3 is 15.3 Å². The molecule has 0 aliphatic rings. The van der Waals surface area contributed by atoms with Crippen LogP contribution in [0.2, 0.25) is 0 Å². The molecule has 0 fully saturated rings. The number of nitrogens with two attached hydrogens (primary N) is 1. The molecule has 1 aromatic heterocycles. The van der Waals surface area contributed by atoms with Crippen LogP contribution in [-0.2, 0) is 5.60 Å². The maximum atomic E-state index is 10.1. The van der Waals surface area contributed by atoms with Gasteiger partial charge >= 0.3 is 0 Å². The minimum absolute atomic E-state index is 0.501. The maximum absolute atomic E-state index is 10.1. The zero-order valence-corrected chi connectivity index (χ0v) is 11.4. The number of rotatable bonds is 2. The third kappa shape index (κ3) is 2.14. The predicted molar refractivity (Wildman–Crippen MR) is 79.1 cm³/mol. The fraction of sp³-hybridized carbons (Fsp3) is 0.188. The molecule has 0 aliphatic heterocycles. The van der Waals surface area contributed by atoms with E-state index in [4.69, 9.17) is 10.2 Å². The van der Waals surface area contributed by atoms with Gasteiger partial charge in [0, 0.05) is 22.9 Å². The van der Waals surface area contributed by atoms with Gasteiger partial charge in [0.05, 0.1) is 5.60 Å². The Morgan fingerprint density at radius 2 is 1.85 bits per heavy atom. The SMILES string of the molecule is CC(C)(O)c1cc2nc(-c3ccccc3)oc2cc1N. The molecule has 102 valence electrons. The molecule has 0 bridgehead atoms. The number of benzene rings is 2. The van der Waals surface area contributed by atoms with Gasteiger partial charge in [-0.05, 0) is 32.0 Å². The monoisotopic (exact) mass is 268 g/mol. The van der Waals surface area contributed by atoms with E-state index in [-0.39, 0.29) is 0 Å². The lowest BCUT2D eigenvalue weighted by Crippen LogP contribution is -2.17. The summed E-state index contributed by atoms with van der Waals surface area (Å²) < 4.78 is 5.73. The first-order valence-electron chi connectivity index (χ1n) is 6.43. The number of nitrogen functional groups attached to an aromatic ring is 1. The van der Waals surface area contributed by atoms with Gasteiger partial charge in [-0.3, -0.25) is 0 Å². The number of fused-ring (bicyclic) bond motifs is 1. The number of oxazole rings is 1. The van der Waals surface area contributed by atoms with Crippen LogP contribution >= 0.6 is 0 Å². The van der Waals surface area contributed by atoms with E-state index < -0.39 is 5.60 Å². The van der Waals surface area contributed by atoms with E-state index in [1.807, 2.05) is 30.3 Å². The summed E-state index contributed by atoms with van der Waals surface area (Å²) in [6, 6.07) is 13.2. The van der Waals surface area contributed by atoms with Crippen molar-refractivity contribution in [3.63, 3.8) is 0 Å². The third-order valence-corrected chi connectivity index (χ3v) is 3.24. The number of hydrogen-bond acceptors (Lipinski definition) is 4. The van der Waals surface area contributed by atoms with Crippen molar-refractivity contribution in [2.45, 2.75) is 19.4 Å². The lowest BCUT2D eigenvalue weighted by molar-refractivity contribution is 0.0795. The molecule has 3 aromatic rings. The highest BCUT2D eigenvalue weighted by Gasteiger charge is 2.21. The summed E-state index contributed by atoms with van der Waals surface area (Å²) in [7, 11) is 0. The third-order valence-electron chi connectivity index (χ3n) is 3.24. The number of nitrogens with zero attached hydrogens (tertiary/aromatic N) is 1. The molecule has 0 aliphatic carbocycles. The maximum Gasteiger partial charge on any atom is 0.227 e. The first-order valence-corrected chi connectivity index (χ1v) is 6.43. The molecule has 20 heavy (non-hydrogen) atoms. The quantitative estimate of drug-likeness (QED) is 0.699. The first-order chi connectivity index (χ1) is 9.45. The molecule has 3 N–H and O–H groups in total. The summed E-state index contributed by atoms with van der Waals surface area (Å²) in [6.45, 7) is 3.39. The Labute approximate surface area is 116 Å². The van der Waals surface area contributed by atoms with Crippen molar-refractivity contribution >= 4 is 16.8 Å². The van der Waals surface area contributed by atoms with Crippen LogP contribution in [0.25, 0.3) is 22.6 Å². The Balaban J connectivity index is 2.17. The minimum Gasteiger partial charge on any atom is -0.436 e. The van der Waals surface area contributed by atoms with Crippen LogP contribution in [0.1, 0.15) is 19.4 Å². The highest BCUT2D eigenvalue weighted by molar-refractivity contribution is 5.81. The van der Waals surface area contributed by atoms with E-state index in [1.54, 1.807) is 26.0 Å². The molecule has 3 rings (SSSR count). The Hall–Kier alpha value is -2.33. The molecule has 0 atom stereocenters. The van der Waals surface area contributed by atoms with Crippen molar-refractivity contribution < 1.29 is 9.52 Å². The Morgan fingerprint density at radius 1 is 1.15 bits per heavy atom. The van der Waals surface area contributed by atoms with Gasteiger partial charge in [0.2, 0.25) is 5.89 Å². The van der Waals surface area contributed by atoms with E-state index in [2.05, 4.69) is 4.98 Å². The molecule has 2 aromatic carbocycles. The molecule has 0 unspecified atom stereocenters. The van der Waals surface area contributed by atoms with Crippen LogP contribution < -0.4 is 5.73 Å². The van der Waals surface area contributed by atoms with Crippen molar-refractivity contribution in [3.8, 4) is 11.5 Å². The lowest BCUT2D eigenvalue weighted by Gasteiger charge is -2.19. The summed E-state index contributed by atoms with van der Waals surface area (Å²) in [5.41, 5.74) is 8.33. The topological polar surface area (TPSA) is 72.3 Å². The van der Waals surface area contributed by atoms with E-state index in [0.717, 1.165) is 5.56 Å². The van der Waals surface area contributed by atoms with Crippen LogP contribution in [-0.4, -0.2) is 10.1 Å². The van der Waals surface area contributed by atoms with Gasteiger partial charge in [0.25, 0.3) is 0 Å². The second-order valence-electron chi connectivity index (χ2n) is 5.35.